The van der Waals surface area contributed by atoms with Crippen LogP contribution >= 0.6 is 23.4 Å². The molecule has 0 radical (unpaired) electrons. The summed E-state index contributed by atoms with van der Waals surface area (Å²) in [6, 6.07) is 18.4. The largest absolute Gasteiger partial charge is 0.340 e. The molecule has 2 aromatic carbocycles. The fourth-order valence-corrected chi connectivity index (χ4v) is 3.60. The third kappa shape index (κ3) is 3.06. The van der Waals surface area contributed by atoms with Crippen LogP contribution in [0, 0.1) is 0 Å². The average molecular weight is 327 g/mol. The highest BCUT2D eigenvalue weighted by atomic mass is 35.5. The third-order valence-electron chi connectivity index (χ3n) is 3.62. The lowest BCUT2D eigenvalue weighted by Gasteiger charge is -2.08. The number of thioether (sulfide) groups is 1. The molecule has 1 aliphatic carbocycles. The highest BCUT2D eigenvalue weighted by Gasteiger charge is 2.22. The molecule has 1 saturated carbocycles. The van der Waals surface area contributed by atoms with Gasteiger partial charge in [-0.25, -0.2) is 4.98 Å². The first-order valence-corrected chi connectivity index (χ1v) is 8.63. The van der Waals surface area contributed by atoms with Gasteiger partial charge in [-0.1, -0.05) is 23.7 Å². The minimum atomic E-state index is 0.678. The molecular weight excluding hydrogens is 312 g/mol. The van der Waals surface area contributed by atoms with Crippen LogP contribution in [0.25, 0.3) is 10.9 Å². The van der Waals surface area contributed by atoms with E-state index in [1.165, 1.54) is 17.7 Å². The quantitative estimate of drug-likeness (QED) is 0.647. The first kappa shape index (κ1) is 13.9. The number of halogens is 1. The number of nitrogens with zero attached hydrogens (tertiary/aromatic N) is 1. The van der Waals surface area contributed by atoms with Crippen LogP contribution in [0.15, 0.2) is 59.5 Å². The summed E-state index contributed by atoms with van der Waals surface area (Å²) in [5.74, 6) is 0.809. The first-order valence-electron chi connectivity index (χ1n) is 7.37. The van der Waals surface area contributed by atoms with Crippen LogP contribution in [-0.2, 0) is 0 Å². The van der Waals surface area contributed by atoms with E-state index in [1.54, 1.807) is 0 Å². The van der Waals surface area contributed by atoms with Gasteiger partial charge < -0.3 is 5.32 Å². The summed E-state index contributed by atoms with van der Waals surface area (Å²) in [5, 5.41) is 5.90. The van der Waals surface area contributed by atoms with Gasteiger partial charge in [0.2, 0.25) is 0 Å². The molecule has 0 spiro atoms. The zero-order valence-corrected chi connectivity index (χ0v) is 13.5. The van der Waals surface area contributed by atoms with Gasteiger partial charge >= 0.3 is 0 Å². The number of hydrogen-bond acceptors (Lipinski definition) is 3. The van der Waals surface area contributed by atoms with Gasteiger partial charge in [-0.15, -0.1) is 11.8 Å². The molecular formula is C18H15ClN2S. The van der Waals surface area contributed by atoms with Crippen LogP contribution in [0.3, 0.4) is 0 Å². The molecule has 110 valence electrons. The molecule has 4 heteroatoms. The third-order valence-corrected chi connectivity index (χ3v) is 5.28. The molecule has 1 aromatic heterocycles. The van der Waals surface area contributed by atoms with E-state index in [4.69, 9.17) is 11.6 Å². The van der Waals surface area contributed by atoms with Crippen LogP contribution in [0.1, 0.15) is 12.8 Å². The number of aromatic nitrogens is 1. The topological polar surface area (TPSA) is 24.9 Å². The maximum absolute atomic E-state index is 6.21. The molecule has 2 nitrogen and oxygen atoms in total. The molecule has 0 saturated heterocycles. The lowest BCUT2D eigenvalue weighted by Crippen LogP contribution is -1.94. The van der Waals surface area contributed by atoms with Crippen molar-refractivity contribution in [1.82, 2.24) is 4.98 Å². The van der Waals surface area contributed by atoms with Crippen molar-refractivity contribution in [3.05, 3.63) is 59.6 Å². The SMILES string of the molecule is Clc1cccc2ccc(Nc3ccc(SC4CC4)cc3)nc12. The highest BCUT2D eigenvalue weighted by Crippen LogP contribution is 2.39. The number of para-hydroxylation sites is 1. The molecule has 4 rings (SSSR count). The van der Waals surface area contributed by atoms with Crippen molar-refractivity contribution in [2.75, 3.05) is 5.32 Å². The van der Waals surface area contributed by atoms with Gasteiger partial charge in [0, 0.05) is 21.2 Å². The molecule has 3 aromatic rings. The average Bonchev–Trinajstić information content (AvgIpc) is 3.34. The van der Waals surface area contributed by atoms with Gasteiger partial charge in [0.25, 0.3) is 0 Å². The van der Waals surface area contributed by atoms with Crippen molar-refractivity contribution in [3.8, 4) is 0 Å². The summed E-state index contributed by atoms with van der Waals surface area (Å²) in [7, 11) is 0. The second kappa shape index (κ2) is 5.82. The molecule has 0 unspecified atom stereocenters. The Morgan fingerprint density at radius 1 is 1.00 bits per heavy atom. The van der Waals surface area contributed by atoms with Crippen molar-refractivity contribution in [1.29, 1.82) is 0 Å². The lowest BCUT2D eigenvalue weighted by molar-refractivity contribution is 1.35. The summed E-state index contributed by atoms with van der Waals surface area (Å²) in [5.41, 5.74) is 1.87. The minimum absolute atomic E-state index is 0.678. The minimum Gasteiger partial charge on any atom is -0.340 e. The van der Waals surface area contributed by atoms with E-state index in [0.717, 1.165) is 27.7 Å². The molecule has 1 N–H and O–H groups in total. The monoisotopic (exact) mass is 326 g/mol. The van der Waals surface area contributed by atoms with Gasteiger partial charge in [-0.05, 0) is 55.3 Å². The fourth-order valence-electron chi connectivity index (χ4n) is 2.32. The number of hydrogen-bond donors (Lipinski definition) is 1. The number of nitrogens with one attached hydrogen (secondary N) is 1. The van der Waals surface area contributed by atoms with Crippen molar-refractivity contribution in [3.63, 3.8) is 0 Å². The Balaban J connectivity index is 1.55. The zero-order chi connectivity index (χ0) is 14.9. The van der Waals surface area contributed by atoms with Crippen LogP contribution in [-0.4, -0.2) is 10.2 Å². The Kier molecular flexibility index (Phi) is 3.68. The number of anilines is 2. The standard InChI is InChI=1S/C18H15ClN2S/c19-16-3-1-2-12-4-11-17(21-18(12)16)20-13-5-7-14(8-6-13)22-15-9-10-15/h1-8,11,15H,9-10H2,(H,20,21). The molecule has 0 bridgehead atoms. The summed E-state index contributed by atoms with van der Waals surface area (Å²) >= 11 is 8.18. The normalized spacial score (nSPS) is 14.2. The molecule has 1 aliphatic rings. The van der Waals surface area contributed by atoms with E-state index in [1.807, 2.05) is 42.1 Å². The van der Waals surface area contributed by atoms with Crippen LogP contribution in [0.5, 0.6) is 0 Å². The summed E-state index contributed by atoms with van der Waals surface area (Å²) < 4.78 is 0. The van der Waals surface area contributed by atoms with Crippen LogP contribution in [0.2, 0.25) is 5.02 Å². The maximum Gasteiger partial charge on any atom is 0.131 e. The summed E-state index contributed by atoms with van der Waals surface area (Å²) in [6.45, 7) is 0. The van der Waals surface area contributed by atoms with Crippen molar-refractivity contribution in [2.45, 2.75) is 23.0 Å². The number of benzene rings is 2. The van der Waals surface area contributed by atoms with Gasteiger partial charge in [-0.3, -0.25) is 0 Å². The first-order chi connectivity index (χ1) is 10.8. The Morgan fingerprint density at radius 3 is 2.59 bits per heavy atom. The maximum atomic E-state index is 6.21. The zero-order valence-electron chi connectivity index (χ0n) is 11.9. The fraction of sp³-hybridized carbons (Fsp3) is 0.167. The molecule has 1 fully saturated rings. The number of fused-ring (bicyclic) bond motifs is 1. The molecule has 22 heavy (non-hydrogen) atoms. The van der Waals surface area contributed by atoms with Crippen molar-refractivity contribution >= 4 is 45.8 Å². The van der Waals surface area contributed by atoms with Gasteiger partial charge in [0.05, 0.1) is 10.5 Å². The van der Waals surface area contributed by atoms with E-state index in [2.05, 4.69) is 34.6 Å². The van der Waals surface area contributed by atoms with Crippen LogP contribution < -0.4 is 5.32 Å². The highest BCUT2D eigenvalue weighted by molar-refractivity contribution is 8.00. The summed E-state index contributed by atoms with van der Waals surface area (Å²) in [4.78, 5) is 5.94. The van der Waals surface area contributed by atoms with Gasteiger partial charge in [0.1, 0.15) is 5.82 Å². The second-order valence-electron chi connectivity index (χ2n) is 5.47. The van der Waals surface area contributed by atoms with E-state index in [0.29, 0.717) is 5.02 Å². The second-order valence-corrected chi connectivity index (χ2v) is 7.26. The molecule has 0 atom stereocenters. The lowest BCUT2D eigenvalue weighted by atomic mass is 10.2. The van der Waals surface area contributed by atoms with E-state index >= 15 is 0 Å². The Bertz CT molecular complexity index is 813. The van der Waals surface area contributed by atoms with Crippen molar-refractivity contribution in [2.24, 2.45) is 0 Å². The van der Waals surface area contributed by atoms with Crippen molar-refractivity contribution < 1.29 is 0 Å². The van der Waals surface area contributed by atoms with Gasteiger partial charge in [0.15, 0.2) is 0 Å². The van der Waals surface area contributed by atoms with Gasteiger partial charge in [-0.2, -0.15) is 0 Å². The van der Waals surface area contributed by atoms with Crippen LogP contribution in [0.4, 0.5) is 11.5 Å². The Hall–Kier alpha value is -1.71. The van der Waals surface area contributed by atoms with E-state index < -0.39 is 0 Å². The molecule has 0 aliphatic heterocycles. The molecule has 1 heterocycles. The number of pyridine rings is 1. The van der Waals surface area contributed by atoms with E-state index in [-0.39, 0.29) is 0 Å². The predicted octanol–water partition coefficient (Wildman–Crippen LogP) is 5.89. The van der Waals surface area contributed by atoms with E-state index in [9.17, 15) is 0 Å². The smallest absolute Gasteiger partial charge is 0.131 e. The predicted molar refractivity (Wildman–Crippen MR) is 95.4 cm³/mol. The Labute approximate surface area is 138 Å². The number of rotatable bonds is 4. The Morgan fingerprint density at radius 2 is 1.82 bits per heavy atom. The summed E-state index contributed by atoms with van der Waals surface area (Å²) in [6.07, 6.45) is 2.71. The molecule has 0 amide bonds.